The summed E-state index contributed by atoms with van der Waals surface area (Å²) in [6.07, 6.45) is 4.67. The molecule has 0 saturated carbocycles. The first kappa shape index (κ1) is 15.2. The second-order valence-corrected chi connectivity index (χ2v) is 7.07. The van der Waals surface area contributed by atoms with Gasteiger partial charge in [-0.25, -0.2) is 0 Å². The van der Waals surface area contributed by atoms with Crippen LogP contribution in [0.3, 0.4) is 0 Å². The molecular weight excluding hydrogens is 320 g/mol. The molecule has 0 spiro atoms. The average Bonchev–Trinajstić information content (AvgIpc) is 3.12. The van der Waals surface area contributed by atoms with E-state index in [0.29, 0.717) is 4.91 Å². The molecule has 2 aromatic rings. The van der Waals surface area contributed by atoms with Gasteiger partial charge in [0.1, 0.15) is 0 Å². The second kappa shape index (κ2) is 5.94. The molecule has 0 saturated heterocycles. The van der Waals surface area contributed by atoms with E-state index in [1.165, 1.54) is 22.9 Å². The molecule has 0 bridgehead atoms. The second-order valence-electron chi connectivity index (χ2n) is 6.06. The minimum atomic E-state index is -0.155. The van der Waals surface area contributed by atoms with Crippen molar-refractivity contribution in [1.29, 1.82) is 0 Å². The van der Waals surface area contributed by atoms with Gasteiger partial charge in [0.25, 0.3) is 5.91 Å². The molecule has 0 N–H and O–H groups in total. The molecule has 6 heteroatoms. The molecule has 0 fully saturated rings. The van der Waals surface area contributed by atoms with Crippen LogP contribution in [0.4, 0.5) is 0 Å². The number of benzene rings is 1. The van der Waals surface area contributed by atoms with E-state index < -0.39 is 0 Å². The maximum Gasteiger partial charge on any atom is 0.286 e. The van der Waals surface area contributed by atoms with Crippen LogP contribution in [0.5, 0.6) is 0 Å². The lowest BCUT2D eigenvalue weighted by Crippen LogP contribution is -2.33. The molecule has 0 aliphatic carbocycles. The molecule has 3 heterocycles. The number of nitrogens with zero attached hydrogens (tertiary/aromatic N) is 4. The smallest absolute Gasteiger partial charge is 0.286 e. The number of amides is 1. The lowest BCUT2D eigenvalue weighted by Gasteiger charge is -2.29. The predicted octanol–water partition coefficient (Wildman–Crippen LogP) is 2.76. The largest absolute Gasteiger partial charge is 0.346 e. The molecule has 0 atom stereocenters. The highest BCUT2D eigenvalue weighted by Gasteiger charge is 2.28. The van der Waals surface area contributed by atoms with Gasteiger partial charge in [0, 0.05) is 31.4 Å². The summed E-state index contributed by atoms with van der Waals surface area (Å²) in [5, 5.41) is 5.03. The van der Waals surface area contributed by atoms with Crippen molar-refractivity contribution in [3.8, 4) is 0 Å². The first-order chi connectivity index (χ1) is 11.6. The van der Waals surface area contributed by atoms with E-state index in [9.17, 15) is 4.79 Å². The van der Waals surface area contributed by atoms with Crippen LogP contribution < -0.4 is 0 Å². The van der Waals surface area contributed by atoms with Crippen LogP contribution in [-0.2, 0) is 24.8 Å². The highest BCUT2D eigenvalue weighted by Crippen LogP contribution is 2.32. The van der Waals surface area contributed by atoms with Gasteiger partial charge < -0.3 is 4.90 Å². The van der Waals surface area contributed by atoms with E-state index >= 15 is 0 Å². The van der Waals surface area contributed by atoms with Crippen molar-refractivity contribution < 1.29 is 4.79 Å². The van der Waals surface area contributed by atoms with Crippen LogP contribution in [0.1, 0.15) is 22.4 Å². The van der Waals surface area contributed by atoms with E-state index in [-0.39, 0.29) is 5.91 Å². The van der Waals surface area contributed by atoms with E-state index in [1.807, 2.05) is 20.0 Å². The quantitative estimate of drug-likeness (QED) is 0.750. The Labute approximate surface area is 145 Å². The summed E-state index contributed by atoms with van der Waals surface area (Å²) in [4.78, 5) is 19.4. The Kier molecular flexibility index (Phi) is 3.76. The Bertz CT molecular complexity index is 881. The van der Waals surface area contributed by atoms with E-state index in [2.05, 4.69) is 39.3 Å². The Morgan fingerprint density at radius 2 is 2.04 bits per heavy atom. The number of aryl methyl sites for hydroxylation is 1. The van der Waals surface area contributed by atoms with Crippen molar-refractivity contribution in [3.63, 3.8) is 0 Å². The van der Waals surface area contributed by atoms with Crippen LogP contribution in [0.25, 0.3) is 6.08 Å². The van der Waals surface area contributed by atoms with Crippen molar-refractivity contribution in [2.45, 2.75) is 19.9 Å². The summed E-state index contributed by atoms with van der Waals surface area (Å²) in [7, 11) is 1.90. The van der Waals surface area contributed by atoms with Gasteiger partial charge in [0.05, 0.1) is 11.1 Å². The van der Waals surface area contributed by atoms with Gasteiger partial charge in [0.15, 0.2) is 5.17 Å². The molecule has 122 valence electrons. The van der Waals surface area contributed by atoms with Crippen LogP contribution >= 0.6 is 11.8 Å². The Morgan fingerprint density at radius 1 is 1.25 bits per heavy atom. The number of rotatable bonds is 1. The van der Waals surface area contributed by atoms with Gasteiger partial charge in [-0.05, 0) is 42.3 Å². The van der Waals surface area contributed by atoms with Crippen LogP contribution in [-0.4, -0.2) is 32.3 Å². The topological polar surface area (TPSA) is 50.5 Å². The van der Waals surface area contributed by atoms with Crippen molar-refractivity contribution >= 4 is 28.9 Å². The molecule has 24 heavy (non-hydrogen) atoms. The third-order valence-electron chi connectivity index (χ3n) is 4.57. The molecule has 1 aromatic carbocycles. The zero-order chi connectivity index (χ0) is 16.7. The summed E-state index contributed by atoms with van der Waals surface area (Å²) in [6.45, 7) is 3.70. The molecule has 2 aliphatic rings. The molecule has 1 aromatic heterocycles. The summed E-state index contributed by atoms with van der Waals surface area (Å²) < 4.78 is 1.81. The SMILES string of the molecule is Cc1c(/C=C2\SC(N3CCc4ccccc4C3)=NC2=O)cnn1C. The molecule has 0 unspecified atom stereocenters. The fraction of sp³-hybridized carbons (Fsp3) is 0.278. The Balaban J connectivity index is 1.54. The average molecular weight is 338 g/mol. The minimum absolute atomic E-state index is 0.155. The van der Waals surface area contributed by atoms with Crippen LogP contribution in [0.2, 0.25) is 0 Å². The molecule has 2 aliphatic heterocycles. The van der Waals surface area contributed by atoms with Crippen molar-refractivity contribution in [3.05, 3.63) is 57.8 Å². The molecular formula is C18H18N4OS. The van der Waals surface area contributed by atoms with Crippen molar-refractivity contribution in [2.75, 3.05) is 6.54 Å². The number of hydrogen-bond donors (Lipinski definition) is 0. The minimum Gasteiger partial charge on any atom is -0.346 e. The van der Waals surface area contributed by atoms with Gasteiger partial charge in [-0.1, -0.05) is 24.3 Å². The van der Waals surface area contributed by atoms with E-state index in [4.69, 9.17) is 0 Å². The number of carbonyl (C=O) groups excluding carboxylic acids is 1. The number of hydrogen-bond acceptors (Lipinski definition) is 4. The number of fused-ring (bicyclic) bond motifs is 1. The molecule has 0 radical (unpaired) electrons. The number of amidine groups is 1. The lowest BCUT2D eigenvalue weighted by molar-refractivity contribution is -0.113. The fourth-order valence-corrected chi connectivity index (χ4v) is 3.92. The first-order valence-electron chi connectivity index (χ1n) is 7.95. The predicted molar refractivity (Wildman–Crippen MR) is 96.5 cm³/mol. The number of carbonyl (C=O) groups is 1. The van der Waals surface area contributed by atoms with E-state index in [1.54, 1.807) is 10.9 Å². The summed E-state index contributed by atoms with van der Waals surface area (Å²) >= 11 is 1.46. The third-order valence-corrected chi connectivity index (χ3v) is 5.61. The number of thioether (sulfide) groups is 1. The van der Waals surface area contributed by atoms with Crippen molar-refractivity contribution in [2.24, 2.45) is 12.0 Å². The highest BCUT2D eigenvalue weighted by molar-refractivity contribution is 8.18. The van der Waals surface area contributed by atoms with E-state index in [0.717, 1.165) is 35.9 Å². The zero-order valence-corrected chi connectivity index (χ0v) is 14.5. The fourth-order valence-electron chi connectivity index (χ4n) is 2.99. The lowest BCUT2D eigenvalue weighted by atomic mass is 10.0. The highest BCUT2D eigenvalue weighted by atomic mass is 32.2. The summed E-state index contributed by atoms with van der Waals surface area (Å²) in [5.41, 5.74) is 4.72. The summed E-state index contributed by atoms with van der Waals surface area (Å²) in [6, 6.07) is 8.47. The van der Waals surface area contributed by atoms with Crippen LogP contribution in [0, 0.1) is 6.92 Å². The Hall–Kier alpha value is -2.34. The maximum absolute atomic E-state index is 12.3. The standard InChI is InChI=1S/C18H18N4OS/c1-12-15(10-19-21(12)2)9-16-17(23)20-18(24-16)22-8-7-13-5-3-4-6-14(13)11-22/h3-6,9-10H,7-8,11H2,1-2H3/b16-9-. The monoisotopic (exact) mass is 338 g/mol. The van der Waals surface area contributed by atoms with Gasteiger partial charge in [-0.2, -0.15) is 10.1 Å². The number of aromatic nitrogens is 2. The first-order valence-corrected chi connectivity index (χ1v) is 8.76. The number of aliphatic imine (C=N–C) groups is 1. The van der Waals surface area contributed by atoms with Gasteiger partial charge in [0.2, 0.25) is 0 Å². The van der Waals surface area contributed by atoms with Gasteiger partial charge in [-0.3, -0.25) is 9.48 Å². The summed E-state index contributed by atoms with van der Waals surface area (Å²) in [5.74, 6) is -0.155. The Morgan fingerprint density at radius 3 is 2.79 bits per heavy atom. The zero-order valence-electron chi connectivity index (χ0n) is 13.7. The molecule has 4 rings (SSSR count). The maximum atomic E-state index is 12.3. The van der Waals surface area contributed by atoms with Gasteiger partial charge in [-0.15, -0.1) is 0 Å². The van der Waals surface area contributed by atoms with Crippen LogP contribution in [0.15, 0.2) is 40.4 Å². The normalized spacial score (nSPS) is 18.9. The molecule has 5 nitrogen and oxygen atoms in total. The molecule has 1 amide bonds. The third kappa shape index (κ3) is 2.67. The van der Waals surface area contributed by atoms with Gasteiger partial charge >= 0.3 is 0 Å². The van der Waals surface area contributed by atoms with Crippen molar-refractivity contribution in [1.82, 2.24) is 14.7 Å².